The molecule has 1 aliphatic heterocycles. The number of allylic oxidation sites excluding steroid dienone is 2. The maximum atomic E-state index is 13.6. The number of hydrogen-bond donors (Lipinski definition) is 1. The van der Waals surface area contributed by atoms with Crippen LogP contribution in [0.15, 0.2) is 64.8 Å². The molecule has 1 heterocycles. The standard InChI is InChI=1S/C25H26N2O4/c1-15-22(25(29)27-17-10-5-7-14-21(17)31-3)23(16-9-4-6-13-20(16)30-2)24-18(26-15)11-8-12-19(24)28/h4-7,9-10,13-14,22-23H,8,11-12H2,1-3H3,(H,27,29)/t22?,23-/m1/s1. The summed E-state index contributed by atoms with van der Waals surface area (Å²) in [5, 5.41) is 2.99. The van der Waals surface area contributed by atoms with Crippen molar-refractivity contribution in [1.82, 2.24) is 0 Å². The fourth-order valence-electron chi connectivity index (χ4n) is 4.56. The molecule has 0 bridgehead atoms. The molecule has 2 aliphatic rings. The van der Waals surface area contributed by atoms with Gasteiger partial charge >= 0.3 is 0 Å². The van der Waals surface area contributed by atoms with E-state index < -0.39 is 11.8 Å². The van der Waals surface area contributed by atoms with E-state index in [0.717, 1.165) is 24.1 Å². The van der Waals surface area contributed by atoms with Crippen molar-refractivity contribution in [3.63, 3.8) is 0 Å². The van der Waals surface area contributed by atoms with Crippen molar-refractivity contribution in [3.8, 4) is 11.5 Å². The van der Waals surface area contributed by atoms with Crippen LogP contribution in [0.1, 0.15) is 37.7 Å². The molecule has 0 saturated heterocycles. The number of nitrogens with one attached hydrogen (secondary N) is 1. The lowest BCUT2D eigenvalue weighted by Crippen LogP contribution is -2.39. The van der Waals surface area contributed by atoms with Gasteiger partial charge in [0, 0.05) is 34.9 Å². The minimum absolute atomic E-state index is 0.0588. The second-order valence-electron chi connectivity index (χ2n) is 7.78. The summed E-state index contributed by atoms with van der Waals surface area (Å²) in [6, 6.07) is 14.8. The third-order valence-electron chi connectivity index (χ3n) is 5.96. The molecule has 2 atom stereocenters. The molecule has 6 nitrogen and oxygen atoms in total. The number of benzene rings is 2. The Morgan fingerprint density at radius 1 is 1.00 bits per heavy atom. The Kier molecular flexibility index (Phi) is 5.89. The first-order valence-electron chi connectivity index (χ1n) is 10.4. The van der Waals surface area contributed by atoms with Crippen molar-refractivity contribution in [1.29, 1.82) is 0 Å². The predicted molar refractivity (Wildman–Crippen MR) is 120 cm³/mol. The molecule has 0 aromatic heterocycles. The summed E-state index contributed by atoms with van der Waals surface area (Å²) in [5.41, 5.74) is 3.53. The monoisotopic (exact) mass is 418 g/mol. The molecular formula is C25H26N2O4. The number of anilines is 1. The number of para-hydroxylation sites is 3. The molecule has 4 rings (SSSR count). The van der Waals surface area contributed by atoms with Gasteiger partial charge in [-0.05, 0) is 38.0 Å². The van der Waals surface area contributed by atoms with Crippen LogP contribution in [0, 0.1) is 5.92 Å². The minimum Gasteiger partial charge on any atom is -0.496 e. The van der Waals surface area contributed by atoms with E-state index >= 15 is 0 Å². The zero-order chi connectivity index (χ0) is 22.0. The molecule has 1 aliphatic carbocycles. The first kappa shape index (κ1) is 20.8. The van der Waals surface area contributed by atoms with Gasteiger partial charge in [0.05, 0.1) is 25.8 Å². The highest BCUT2D eigenvalue weighted by molar-refractivity contribution is 6.13. The Labute approximate surface area is 182 Å². The predicted octanol–water partition coefficient (Wildman–Crippen LogP) is 4.52. The van der Waals surface area contributed by atoms with E-state index in [1.54, 1.807) is 26.4 Å². The van der Waals surface area contributed by atoms with Crippen LogP contribution >= 0.6 is 0 Å². The number of aliphatic imine (C=N–C) groups is 1. The second kappa shape index (κ2) is 8.76. The molecule has 0 radical (unpaired) electrons. The lowest BCUT2D eigenvalue weighted by Gasteiger charge is -2.35. The number of nitrogens with zero attached hydrogens (tertiary/aromatic N) is 1. The first-order valence-corrected chi connectivity index (χ1v) is 10.4. The van der Waals surface area contributed by atoms with E-state index in [2.05, 4.69) is 5.32 Å². The molecule has 1 unspecified atom stereocenters. The van der Waals surface area contributed by atoms with Crippen LogP contribution in [0.2, 0.25) is 0 Å². The molecule has 1 amide bonds. The number of carbonyl (C=O) groups excluding carboxylic acids is 2. The number of hydrogen-bond acceptors (Lipinski definition) is 5. The quantitative estimate of drug-likeness (QED) is 0.774. The normalized spacial score (nSPS) is 20.6. The van der Waals surface area contributed by atoms with Crippen molar-refractivity contribution >= 4 is 23.1 Å². The van der Waals surface area contributed by atoms with Gasteiger partial charge in [-0.1, -0.05) is 30.3 Å². The van der Waals surface area contributed by atoms with Gasteiger partial charge in [-0.15, -0.1) is 0 Å². The lowest BCUT2D eigenvalue weighted by molar-refractivity contribution is -0.119. The van der Waals surface area contributed by atoms with Crippen LogP contribution < -0.4 is 14.8 Å². The van der Waals surface area contributed by atoms with Crippen LogP contribution in [-0.4, -0.2) is 31.6 Å². The summed E-state index contributed by atoms with van der Waals surface area (Å²) < 4.78 is 11.0. The fourth-order valence-corrected chi connectivity index (χ4v) is 4.56. The van der Waals surface area contributed by atoms with Crippen molar-refractivity contribution in [3.05, 3.63) is 65.4 Å². The Hall–Kier alpha value is -3.41. The highest BCUT2D eigenvalue weighted by Gasteiger charge is 2.43. The molecule has 0 fully saturated rings. The first-order chi connectivity index (χ1) is 15.0. The summed E-state index contributed by atoms with van der Waals surface area (Å²) in [6.45, 7) is 1.86. The van der Waals surface area contributed by atoms with Crippen LogP contribution in [0.25, 0.3) is 0 Å². The number of ether oxygens (including phenoxy) is 2. The average Bonchev–Trinajstić information content (AvgIpc) is 2.78. The molecule has 0 saturated carbocycles. The van der Waals surface area contributed by atoms with Crippen molar-refractivity contribution in [2.24, 2.45) is 10.9 Å². The molecule has 160 valence electrons. The van der Waals surface area contributed by atoms with Crippen LogP contribution in [0.4, 0.5) is 5.69 Å². The fraction of sp³-hybridized carbons (Fsp3) is 0.320. The largest absolute Gasteiger partial charge is 0.496 e. The molecule has 2 aromatic rings. The topological polar surface area (TPSA) is 77.0 Å². The molecular weight excluding hydrogens is 392 g/mol. The Bertz CT molecular complexity index is 1090. The van der Waals surface area contributed by atoms with E-state index in [1.807, 2.05) is 43.3 Å². The van der Waals surface area contributed by atoms with E-state index in [1.165, 1.54) is 0 Å². The van der Waals surface area contributed by atoms with Crippen molar-refractivity contribution in [2.45, 2.75) is 32.1 Å². The van der Waals surface area contributed by atoms with Crippen LogP contribution in [0.3, 0.4) is 0 Å². The van der Waals surface area contributed by atoms with Gasteiger partial charge in [0.2, 0.25) is 5.91 Å². The lowest BCUT2D eigenvalue weighted by atomic mass is 9.71. The van der Waals surface area contributed by atoms with Gasteiger partial charge in [0.15, 0.2) is 5.78 Å². The number of ketones is 1. The van der Waals surface area contributed by atoms with Crippen LogP contribution in [0.5, 0.6) is 11.5 Å². The molecule has 31 heavy (non-hydrogen) atoms. The van der Waals surface area contributed by atoms with Crippen molar-refractivity contribution in [2.75, 3.05) is 19.5 Å². The van der Waals surface area contributed by atoms with E-state index in [-0.39, 0.29) is 11.7 Å². The highest BCUT2D eigenvalue weighted by Crippen LogP contribution is 2.46. The summed E-state index contributed by atoms with van der Waals surface area (Å²) in [6.07, 6.45) is 2.00. The van der Waals surface area contributed by atoms with Crippen molar-refractivity contribution < 1.29 is 19.1 Å². The zero-order valence-corrected chi connectivity index (χ0v) is 18.0. The highest BCUT2D eigenvalue weighted by atomic mass is 16.5. The third-order valence-corrected chi connectivity index (χ3v) is 5.96. The summed E-state index contributed by atoms with van der Waals surface area (Å²) in [7, 11) is 3.16. The van der Waals surface area contributed by atoms with Gasteiger partial charge in [-0.2, -0.15) is 0 Å². The number of methoxy groups -OCH3 is 2. The van der Waals surface area contributed by atoms with Crippen LogP contribution in [-0.2, 0) is 9.59 Å². The third kappa shape index (κ3) is 3.85. The Morgan fingerprint density at radius 2 is 1.68 bits per heavy atom. The molecule has 0 spiro atoms. The van der Waals surface area contributed by atoms with E-state index in [0.29, 0.717) is 34.9 Å². The van der Waals surface area contributed by atoms with Gasteiger partial charge in [0.25, 0.3) is 0 Å². The van der Waals surface area contributed by atoms with Gasteiger partial charge in [-0.3, -0.25) is 14.6 Å². The smallest absolute Gasteiger partial charge is 0.234 e. The van der Waals surface area contributed by atoms with E-state index in [9.17, 15) is 9.59 Å². The maximum Gasteiger partial charge on any atom is 0.234 e. The maximum absolute atomic E-state index is 13.6. The summed E-state index contributed by atoms with van der Waals surface area (Å²) >= 11 is 0. The minimum atomic E-state index is -0.637. The molecule has 2 aromatic carbocycles. The van der Waals surface area contributed by atoms with Gasteiger partial charge < -0.3 is 14.8 Å². The average molecular weight is 418 g/mol. The van der Waals surface area contributed by atoms with Gasteiger partial charge in [0.1, 0.15) is 11.5 Å². The van der Waals surface area contributed by atoms with Gasteiger partial charge in [-0.25, -0.2) is 0 Å². The molecule has 6 heteroatoms. The Morgan fingerprint density at radius 3 is 2.42 bits per heavy atom. The number of amides is 1. The Balaban J connectivity index is 1.81. The van der Waals surface area contributed by atoms with E-state index in [4.69, 9.17) is 14.5 Å². The molecule has 1 N–H and O–H groups in total. The number of rotatable bonds is 5. The summed E-state index contributed by atoms with van der Waals surface area (Å²) in [5.74, 6) is -0.0329. The zero-order valence-electron chi connectivity index (χ0n) is 18.0. The number of carbonyl (C=O) groups is 2. The second-order valence-corrected chi connectivity index (χ2v) is 7.78. The summed E-state index contributed by atoms with van der Waals surface area (Å²) in [4.78, 5) is 31.3. The number of Topliss-reactive ketones (excluding diaryl/α,β-unsaturated/α-hetero) is 1. The SMILES string of the molecule is COc1ccccc1NC(=O)C1C(C)=NC2=C(C(=O)CCC2)[C@@H]1c1ccccc1OC.